The van der Waals surface area contributed by atoms with Crippen LogP contribution in [0.5, 0.6) is 0 Å². The second kappa shape index (κ2) is 8.09. The standard InChI is InChI=1S/C24H20N4OS2/c1-3-27(24-25-20(15-30-24)17-10-6-4-7-11-17)22(29)21-14-19-16(2)26-28(23(19)31-21)18-12-8-5-9-13-18/h4-15H,3H2,1-2H3. The Morgan fingerprint density at radius 3 is 2.48 bits per heavy atom. The number of anilines is 1. The minimum Gasteiger partial charge on any atom is -0.284 e. The molecule has 0 saturated heterocycles. The lowest BCUT2D eigenvalue weighted by Gasteiger charge is -2.16. The van der Waals surface area contributed by atoms with Gasteiger partial charge in [0, 0.05) is 22.9 Å². The zero-order valence-electron chi connectivity index (χ0n) is 17.1. The average Bonchev–Trinajstić information content (AvgIpc) is 3.53. The van der Waals surface area contributed by atoms with Crippen molar-refractivity contribution in [3.05, 3.63) is 82.7 Å². The summed E-state index contributed by atoms with van der Waals surface area (Å²) in [6.45, 7) is 4.51. The number of thiophene rings is 1. The highest BCUT2D eigenvalue weighted by atomic mass is 32.1. The van der Waals surface area contributed by atoms with Crippen LogP contribution in [-0.4, -0.2) is 27.2 Å². The summed E-state index contributed by atoms with van der Waals surface area (Å²) in [5, 5.41) is 8.40. The van der Waals surface area contributed by atoms with E-state index < -0.39 is 0 Å². The lowest BCUT2D eigenvalue weighted by atomic mass is 10.2. The molecule has 154 valence electrons. The molecule has 0 saturated carbocycles. The Labute approximate surface area is 188 Å². The summed E-state index contributed by atoms with van der Waals surface area (Å²) in [7, 11) is 0. The van der Waals surface area contributed by atoms with Crippen LogP contribution in [-0.2, 0) is 0 Å². The van der Waals surface area contributed by atoms with E-state index in [1.807, 2.05) is 90.6 Å². The quantitative estimate of drug-likeness (QED) is 0.325. The monoisotopic (exact) mass is 444 g/mol. The number of hydrogen-bond donors (Lipinski definition) is 0. The van der Waals surface area contributed by atoms with E-state index in [2.05, 4.69) is 5.10 Å². The number of carbonyl (C=O) groups excluding carboxylic acids is 1. The third-order valence-corrected chi connectivity index (χ3v) is 7.07. The van der Waals surface area contributed by atoms with Crippen LogP contribution >= 0.6 is 22.7 Å². The van der Waals surface area contributed by atoms with Crippen molar-refractivity contribution in [1.82, 2.24) is 14.8 Å². The van der Waals surface area contributed by atoms with Gasteiger partial charge in [0.2, 0.25) is 0 Å². The van der Waals surface area contributed by atoms with Crippen molar-refractivity contribution in [2.75, 3.05) is 11.4 Å². The van der Waals surface area contributed by atoms with Gasteiger partial charge in [-0.1, -0.05) is 48.5 Å². The normalized spacial score (nSPS) is 11.2. The first kappa shape index (κ1) is 19.7. The predicted octanol–water partition coefficient (Wildman–Crippen LogP) is 6.19. The molecule has 2 aromatic carbocycles. The Morgan fingerprint density at radius 2 is 1.77 bits per heavy atom. The summed E-state index contributed by atoms with van der Waals surface area (Å²) < 4.78 is 1.92. The fourth-order valence-electron chi connectivity index (χ4n) is 3.53. The van der Waals surface area contributed by atoms with Crippen LogP contribution in [0, 0.1) is 6.92 Å². The van der Waals surface area contributed by atoms with Crippen molar-refractivity contribution in [2.45, 2.75) is 13.8 Å². The van der Waals surface area contributed by atoms with Crippen molar-refractivity contribution in [1.29, 1.82) is 0 Å². The number of benzene rings is 2. The fraction of sp³-hybridized carbons (Fsp3) is 0.125. The van der Waals surface area contributed by atoms with Gasteiger partial charge in [0.1, 0.15) is 4.83 Å². The number of thiazole rings is 1. The van der Waals surface area contributed by atoms with E-state index in [1.165, 1.54) is 22.7 Å². The molecule has 7 heteroatoms. The lowest BCUT2D eigenvalue weighted by molar-refractivity contribution is 0.0992. The first-order chi connectivity index (χ1) is 15.2. The molecule has 1 amide bonds. The van der Waals surface area contributed by atoms with Gasteiger partial charge < -0.3 is 0 Å². The molecule has 0 unspecified atom stereocenters. The number of rotatable bonds is 5. The number of amides is 1. The van der Waals surface area contributed by atoms with Gasteiger partial charge in [0.25, 0.3) is 5.91 Å². The van der Waals surface area contributed by atoms with Crippen LogP contribution in [0.25, 0.3) is 27.2 Å². The van der Waals surface area contributed by atoms with Crippen LogP contribution in [0.2, 0.25) is 0 Å². The summed E-state index contributed by atoms with van der Waals surface area (Å²) in [5.41, 5.74) is 3.84. The van der Waals surface area contributed by atoms with E-state index in [1.54, 1.807) is 4.90 Å². The highest BCUT2D eigenvalue weighted by molar-refractivity contribution is 7.20. The average molecular weight is 445 g/mol. The summed E-state index contributed by atoms with van der Waals surface area (Å²) in [6, 6.07) is 22.0. The lowest BCUT2D eigenvalue weighted by Crippen LogP contribution is -2.29. The second-order valence-corrected chi connectivity index (χ2v) is 8.96. The number of nitrogens with zero attached hydrogens (tertiary/aromatic N) is 4. The van der Waals surface area contributed by atoms with Crippen LogP contribution in [0.4, 0.5) is 5.13 Å². The maximum absolute atomic E-state index is 13.4. The van der Waals surface area contributed by atoms with E-state index in [0.717, 1.165) is 32.9 Å². The predicted molar refractivity (Wildman–Crippen MR) is 129 cm³/mol. The number of fused-ring (bicyclic) bond motifs is 1. The summed E-state index contributed by atoms with van der Waals surface area (Å²) in [6.07, 6.45) is 0. The zero-order valence-corrected chi connectivity index (χ0v) is 18.8. The van der Waals surface area contributed by atoms with Crippen molar-refractivity contribution < 1.29 is 4.79 Å². The molecule has 0 fully saturated rings. The molecule has 31 heavy (non-hydrogen) atoms. The van der Waals surface area contributed by atoms with Gasteiger partial charge in [-0.05, 0) is 32.0 Å². The topological polar surface area (TPSA) is 51.0 Å². The molecule has 5 aromatic rings. The molecule has 0 bridgehead atoms. The van der Waals surface area contributed by atoms with Crippen molar-refractivity contribution in [3.8, 4) is 16.9 Å². The minimum absolute atomic E-state index is 0.0309. The van der Waals surface area contributed by atoms with Gasteiger partial charge in [0.15, 0.2) is 5.13 Å². The first-order valence-corrected chi connectivity index (χ1v) is 11.7. The zero-order chi connectivity index (χ0) is 21.4. The summed E-state index contributed by atoms with van der Waals surface area (Å²) in [4.78, 5) is 21.6. The number of hydrogen-bond acceptors (Lipinski definition) is 5. The number of carbonyl (C=O) groups is 1. The van der Waals surface area contributed by atoms with Gasteiger partial charge in [-0.25, -0.2) is 9.67 Å². The highest BCUT2D eigenvalue weighted by Gasteiger charge is 2.23. The Kier molecular flexibility index (Phi) is 5.13. The Hall–Kier alpha value is -3.29. The fourth-order valence-corrected chi connectivity index (χ4v) is 5.55. The summed E-state index contributed by atoms with van der Waals surface area (Å²) >= 11 is 2.97. The number of para-hydroxylation sites is 1. The van der Waals surface area contributed by atoms with E-state index >= 15 is 0 Å². The molecule has 3 heterocycles. The molecule has 0 aliphatic carbocycles. The van der Waals surface area contributed by atoms with E-state index in [0.29, 0.717) is 16.6 Å². The van der Waals surface area contributed by atoms with Crippen molar-refractivity contribution >= 4 is 43.9 Å². The molecule has 0 aliphatic rings. The summed E-state index contributed by atoms with van der Waals surface area (Å²) in [5.74, 6) is -0.0309. The molecule has 5 rings (SSSR count). The molecule has 0 atom stereocenters. The van der Waals surface area contributed by atoms with E-state index in [4.69, 9.17) is 4.98 Å². The molecule has 0 aliphatic heterocycles. The van der Waals surface area contributed by atoms with Gasteiger partial charge in [-0.3, -0.25) is 9.69 Å². The smallest absolute Gasteiger partial charge is 0.270 e. The van der Waals surface area contributed by atoms with Crippen LogP contribution in [0.1, 0.15) is 22.3 Å². The molecule has 0 spiro atoms. The Bertz CT molecular complexity index is 1350. The highest BCUT2D eigenvalue weighted by Crippen LogP contribution is 2.33. The molecule has 3 aromatic heterocycles. The van der Waals surface area contributed by atoms with Crippen LogP contribution in [0.3, 0.4) is 0 Å². The largest absolute Gasteiger partial charge is 0.284 e. The van der Waals surface area contributed by atoms with Crippen molar-refractivity contribution in [3.63, 3.8) is 0 Å². The van der Waals surface area contributed by atoms with Gasteiger partial charge >= 0.3 is 0 Å². The Balaban J connectivity index is 1.50. The van der Waals surface area contributed by atoms with Crippen molar-refractivity contribution in [2.24, 2.45) is 0 Å². The molecular weight excluding hydrogens is 424 g/mol. The first-order valence-electron chi connectivity index (χ1n) is 10.0. The van der Waals surface area contributed by atoms with Gasteiger partial charge in [-0.15, -0.1) is 22.7 Å². The third kappa shape index (κ3) is 3.56. The second-order valence-electron chi connectivity index (χ2n) is 7.09. The SMILES string of the molecule is CCN(C(=O)c1cc2c(C)nn(-c3ccccc3)c2s1)c1nc(-c2ccccc2)cs1. The van der Waals surface area contributed by atoms with Gasteiger partial charge in [0.05, 0.1) is 22.0 Å². The number of aromatic nitrogens is 3. The third-order valence-electron chi connectivity index (χ3n) is 5.11. The van der Waals surface area contributed by atoms with Crippen LogP contribution < -0.4 is 4.90 Å². The maximum Gasteiger partial charge on any atom is 0.270 e. The Morgan fingerprint density at radius 1 is 1.06 bits per heavy atom. The minimum atomic E-state index is -0.0309. The van der Waals surface area contributed by atoms with Crippen LogP contribution in [0.15, 0.2) is 72.1 Å². The molecule has 0 N–H and O–H groups in total. The van der Waals surface area contributed by atoms with Gasteiger partial charge in [-0.2, -0.15) is 5.10 Å². The molecule has 0 radical (unpaired) electrons. The molecular formula is C24H20N4OS2. The maximum atomic E-state index is 13.4. The van der Waals surface area contributed by atoms with E-state index in [9.17, 15) is 4.79 Å². The number of aryl methyl sites for hydroxylation is 1. The molecule has 5 nitrogen and oxygen atoms in total. The van der Waals surface area contributed by atoms with E-state index in [-0.39, 0.29) is 5.91 Å².